The summed E-state index contributed by atoms with van der Waals surface area (Å²) in [5.41, 5.74) is 16.3. The number of carbonyl (C=O) groups is 1. The molecule has 1 amide bonds. The van der Waals surface area contributed by atoms with Gasteiger partial charge >= 0.3 is 0 Å². The Bertz CT molecular complexity index is 685. The number of rotatable bonds is 13. The largest absolute Gasteiger partial charge is 0.491 e. The molecule has 156 valence electrons. The number of amides is 1. The van der Waals surface area contributed by atoms with E-state index in [1.54, 1.807) is 12.1 Å². The van der Waals surface area contributed by atoms with E-state index >= 15 is 0 Å². The third kappa shape index (κ3) is 9.38. The molecule has 0 unspecified atom stereocenters. The average Bonchev–Trinajstić information content (AvgIpc) is 2.62. The zero-order chi connectivity index (χ0) is 20.9. The fourth-order valence-corrected chi connectivity index (χ4v) is 3.79. The lowest BCUT2D eigenvalue weighted by Gasteiger charge is -2.12. The van der Waals surface area contributed by atoms with Gasteiger partial charge in [0.05, 0.1) is 15.6 Å². The number of guanidine groups is 1. The number of oxime groups is 1. The summed E-state index contributed by atoms with van der Waals surface area (Å²) >= 11 is 6.91. The second kappa shape index (κ2) is 13.3. The van der Waals surface area contributed by atoms with E-state index in [4.69, 9.17) is 27.1 Å². The second-order valence-electron chi connectivity index (χ2n) is 5.94. The van der Waals surface area contributed by atoms with Gasteiger partial charge in [-0.2, -0.15) is 0 Å². The lowest BCUT2D eigenvalue weighted by molar-refractivity contribution is -0.112. The van der Waals surface area contributed by atoms with Gasteiger partial charge in [0, 0.05) is 13.0 Å². The van der Waals surface area contributed by atoms with E-state index in [1.165, 1.54) is 0 Å². The van der Waals surface area contributed by atoms with Crippen LogP contribution in [-0.4, -0.2) is 49.0 Å². The quantitative estimate of drug-likeness (QED) is 0.0867. The normalized spacial score (nSPS) is 11.3. The minimum Gasteiger partial charge on any atom is -0.491 e. The third-order valence-electron chi connectivity index (χ3n) is 3.64. The number of unbranched alkanes of at least 4 members (excludes halogenated alkanes) is 1. The summed E-state index contributed by atoms with van der Waals surface area (Å²) in [4.78, 5) is 15.1. The Kier molecular flexibility index (Phi) is 11.5. The number of aliphatic imine (C=N–C) groups is 1. The monoisotopic (exact) mass is 520 g/mol. The van der Waals surface area contributed by atoms with Crippen LogP contribution in [0, 0.1) is 0 Å². The van der Waals surface area contributed by atoms with E-state index in [-0.39, 0.29) is 18.1 Å². The molecule has 8 N–H and O–H groups in total. The molecule has 0 aliphatic rings. The zero-order valence-corrected chi connectivity index (χ0v) is 18.6. The van der Waals surface area contributed by atoms with Crippen molar-refractivity contribution in [1.29, 1.82) is 0 Å². The number of benzene rings is 1. The van der Waals surface area contributed by atoms with E-state index in [0.717, 1.165) is 46.9 Å². The van der Waals surface area contributed by atoms with E-state index < -0.39 is 5.91 Å². The number of primary amides is 1. The fraction of sp³-hybridized carbons (Fsp3) is 0.471. The molecule has 0 aliphatic carbocycles. The summed E-state index contributed by atoms with van der Waals surface area (Å²) in [6.45, 7) is 2.93. The molecule has 0 saturated heterocycles. The number of nitrogens with two attached hydrogens (primary N) is 3. The van der Waals surface area contributed by atoms with Crippen molar-refractivity contribution in [2.24, 2.45) is 27.3 Å². The number of halogens is 2. The number of hydrogen-bond donors (Lipinski definition) is 5. The first-order valence-electron chi connectivity index (χ1n) is 8.72. The van der Waals surface area contributed by atoms with Gasteiger partial charge in [0.2, 0.25) is 0 Å². The van der Waals surface area contributed by atoms with Crippen LogP contribution < -0.4 is 27.3 Å². The van der Waals surface area contributed by atoms with Crippen LogP contribution in [0.1, 0.15) is 24.8 Å². The van der Waals surface area contributed by atoms with Crippen LogP contribution in [-0.2, 0) is 11.2 Å². The molecule has 0 heterocycles. The van der Waals surface area contributed by atoms with Gasteiger partial charge in [-0.25, -0.2) is 0 Å². The van der Waals surface area contributed by atoms with Gasteiger partial charge in [-0.05, 0) is 81.9 Å². The number of carbonyl (C=O) groups excluding carboxylic acids is 1. The van der Waals surface area contributed by atoms with Crippen LogP contribution >= 0.6 is 31.9 Å². The molecule has 0 radical (unpaired) electrons. The Hall–Kier alpha value is -1.85. The minimum atomic E-state index is -0.765. The molecule has 0 saturated carbocycles. The van der Waals surface area contributed by atoms with Crippen molar-refractivity contribution in [1.82, 2.24) is 5.32 Å². The molecular weight excluding hydrogens is 496 g/mol. The fourth-order valence-electron chi connectivity index (χ4n) is 2.28. The van der Waals surface area contributed by atoms with Crippen LogP contribution in [0.5, 0.6) is 5.75 Å². The Morgan fingerprint density at radius 3 is 2.32 bits per heavy atom. The van der Waals surface area contributed by atoms with Crippen LogP contribution in [0.15, 0.2) is 31.2 Å². The molecule has 0 aromatic heterocycles. The molecule has 11 heteroatoms. The van der Waals surface area contributed by atoms with E-state index in [1.807, 2.05) is 0 Å². The van der Waals surface area contributed by atoms with Crippen molar-refractivity contribution in [2.45, 2.75) is 25.7 Å². The first-order valence-corrected chi connectivity index (χ1v) is 10.3. The van der Waals surface area contributed by atoms with E-state index in [0.29, 0.717) is 18.9 Å². The number of nitrogens with zero attached hydrogens (tertiary/aromatic N) is 2. The van der Waals surface area contributed by atoms with Crippen LogP contribution in [0.4, 0.5) is 0 Å². The predicted octanol–water partition coefficient (Wildman–Crippen LogP) is 1.48. The molecule has 0 spiro atoms. The van der Waals surface area contributed by atoms with Gasteiger partial charge in [-0.1, -0.05) is 5.16 Å². The highest BCUT2D eigenvalue weighted by atomic mass is 79.9. The second-order valence-corrected chi connectivity index (χ2v) is 7.65. The van der Waals surface area contributed by atoms with Crippen LogP contribution in [0.25, 0.3) is 0 Å². The van der Waals surface area contributed by atoms with Gasteiger partial charge in [0.15, 0.2) is 5.96 Å². The summed E-state index contributed by atoms with van der Waals surface area (Å²) in [6.07, 6.45) is 2.90. The lowest BCUT2D eigenvalue weighted by atomic mass is 10.1. The summed E-state index contributed by atoms with van der Waals surface area (Å²) < 4.78 is 7.28. The Morgan fingerprint density at radius 2 is 1.75 bits per heavy atom. The van der Waals surface area contributed by atoms with Crippen molar-refractivity contribution in [3.05, 3.63) is 26.6 Å². The van der Waals surface area contributed by atoms with Gasteiger partial charge in [-0.3, -0.25) is 9.79 Å². The van der Waals surface area contributed by atoms with Gasteiger partial charge < -0.3 is 32.5 Å². The smallest absolute Gasteiger partial charge is 0.266 e. The van der Waals surface area contributed by atoms with Gasteiger partial charge in [0.1, 0.15) is 11.5 Å². The minimum absolute atomic E-state index is 0.114. The average molecular weight is 522 g/mol. The Morgan fingerprint density at radius 1 is 1.11 bits per heavy atom. The Labute approximate surface area is 181 Å². The summed E-state index contributed by atoms with van der Waals surface area (Å²) in [6, 6.07) is 3.59. The van der Waals surface area contributed by atoms with Crippen molar-refractivity contribution in [3.63, 3.8) is 0 Å². The first kappa shape index (κ1) is 24.2. The molecule has 9 nitrogen and oxygen atoms in total. The molecule has 0 aliphatic heterocycles. The molecule has 1 rings (SSSR count). The molecule has 0 fully saturated rings. The molecule has 28 heavy (non-hydrogen) atoms. The first-order chi connectivity index (χ1) is 13.3. The van der Waals surface area contributed by atoms with Crippen molar-refractivity contribution in [3.8, 4) is 5.75 Å². The summed E-state index contributed by atoms with van der Waals surface area (Å²) in [7, 11) is 0. The highest BCUT2D eigenvalue weighted by molar-refractivity contribution is 9.11. The lowest BCUT2D eigenvalue weighted by Crippen LogP contribution is -2.25. The topological polar surface area (TPSA) is 161 Å². The summed E-state index contributed by atoms with van der Waals surface area (Å²) in [5, 5.41) is 15.1. The highest BCUT2D eigenvalue weighted by Crippen LogP contribution is 2.35. The van der Waals surface area contributed by atoms with Crippen molar-refractivity contribution >= 4 is 49.4 Å². The van der Waals surface area contributed by atoms with Crippen molar-refractivity contribution in [2.75, 3.05) is 26.2 Å². The Balaban J connectivity index is 2.35. The predicted molar refractivity (Wildman–Crippen MR) is 117 cm³/mol. The molecular formula is C17H26Br2N6O3. The molecule has 1 aromatic carbocycles. The number of nitrogens with one attached hydrogen (secondary N) is 1. The maximum Gasteiger partial charge on any atom is 0.266 e. The summed E-state index contributed by atoms with van der Waals surface area (Å²) in [5.74, 6) is 0.0339. The van der Waals surface area contributed by atoms with Crippen molar-refractivity contribution < 1.29 is 14.7 Å². The van der Waals surface area contributed by atoms with Gasteiger partial charge in [0.25, 0.3) is 5.91 Å². The van der Waals surface area contributed by atoms with Gasteiger partial charge in [-0.15, -0.1) is 0 Å². The molecule has 0 bridgehead atoms. The maximum absolute atomic E-state index is 11.2. The maximum atomic E-state index is 11.2. The SMILES string of the molecule is NC(=O)/C(Cc1cc(Br)c(OCCCNCCCCN=C(N)N)c(Br)c1)=N\O. The van der Waals surface area contributed by atoms with E-state index in [9.17, 15) is 4.79 Å². The zero-order valence-electron chi connectivity index (χ0n) is 15.5. The highest BCUT2D eigenvalue weighted by Gasteiger charge is 2.13. The van der Waals surface area contributed by atoms with Crippen LogP contribution in [0.2, 0.25) is 0 Å². The standard InChI is InChI=1S/C17H26Br2N6O3/c18-12-8-11(10-14(25-27)16(20)26)9-13(19)15(12)28-7-3-5-23-4-1-2-6-24-17(21)22/h8-9,23,27H,1-7,10H2,(H2,20,26)(H4,21,22,24)/b25-14-. The van der Waals surface area contributed by atoms with Crippen LogP contribution in [0.3, 0.4) is 0 Å². The van der Waals surface area contributed by atoms with E-state index in [2.05, 4.69) is 47.3 Å². The number of ether oxygens (including phenoxy) is 1. The molecule has 1 aromatic rings. The molecule has 0 atom stereocenters. The third-order valence-corrected chi connectivity index (χ3v) is 4.81. The number of hydrogen-bond acceptors (Lipinski definition) is 6.